The summed E-state index contributed by atoms with van der Waals surface area (Å²) in [4.78, 5) is 0.0533. The monoisotopic (exact) mass is 377 g/mol. The number of hydrogen-bond donors (Lipinski definition) is 1. The molecule has 0 spiro atoms. The van der Waals surface area contributed by atoms with Crippen molar-refractivity contribution in [1.29, 1.82) is 0 Å². The highest BCUT2D eigenvalue weighted by Gasteiger charge is 2.23. The molecule has 0 aliphatic rings. The molecule has 0 amide bonds. The van der Waals surface area contributed by atoms with Crippen molar-refractivity contribution in [2.45, 2.75) is 44.0 Å². The van der Waals surface area contributed by atoms with Gasteiger partial charge in [0.2, 0.25) is 10.0 Å². The molecule has 1 atom stereocenters. The zero-order chi connectivity index (χ0) is 19.5. The van der Waals surface area contributed by atoms with Crippen LogP contribution >= 0.6 is 0 Å². The molecule has 0 saturated carbocycles. The van der Waals surface area contributed by atoms with E-state index in [4.69, 9.17) is 9.47 Å². The van der Waals surface area contributed by atoms with E-state index in [1.807, 2.05) is 31.2 Å². The van der Waals surface area contributed by atoms with Gasteiger partial charge in [-0.3, -0.25) is 0 Å². The maximum atomic E-state index is 12.8. The molecule has 0 aliphatic carbocycles. The smallest absolute Gasteiger partial charge is 0.244 e. The predicted octanol–water partition coefficient (Wildman–Crippen LogP) is 4.04. The van der Waals surface area contributed by atoms with Crippen molar-refractivity contribution in [3.8, 4) is 11.5 Å². The van der Waals surface area contributed by atoms with Gasteiger partial charge in [0.05, 0.1) is 14.2 Å². The van der Waals surface area contributed by atoms with Crippen molar-refractivity contribution in [2.24, 2.45) is 0 Å². The van der Waals surface area contributed by atoms with Crippen LogP contribution in [0.5, 0.6) is 11.5 Å². The molecule has 26 heavy (non-hydrogen) atoms. The van der Waals surface area contributed by atoms with Gasteiger partial charge in [0.25, 0.3) is 0 Å². The van der Waals surface area contributed by atoms with E-state index in [-0.39, 0.29) is 22.1 Å². The van der Waals surface area contributed by atoms with Crippen molar-refractivity contribution in [3.05, 3.63) is 53.6 Å². The number of nitrogens with one attached hydrogen (secondary N) is 1. The second-order valence-corrected chi connectivity index (χ2v) is 8.91. The van der Waals surface area contributed by atoms with Crippen LogP contribution in [0.3, 0.4) is 0 Å². The zero-order valence-corrected chi connectivity index (χ0v) is 17.0. The first-order valence-corrected chi connectivity index (χ1v) is 9.91. The fourth-order valence-electron chi connectivity index (χ4n) is 2.63. The topological polar surface area (TPSA) is 64.6 Å². The highest BCUT2D eigenvalue weighted by Crippen LogP contribution is 2.30. The lowest BCUT2D eigenvalue weighted by atomic mass is 9.86. The van der Waals surface area contributed by atoms with Gasteiger partial charge in [-0.2, -0.15) is 0 Å². The van der Waals surface area contributed by atoms with E-state index in [0.717, 1.165) is 5.56 Å². The number of ether oxygens (including phenoxy) is 2. The molecule has 0 fully saturated rings. The largest absolute Gasteiger partial charge is 0.497 e. The van der Waals surface area contributed by atoms with Crippen LogP contribution in [0.4, 0.5) is 0 Å². The Morgan fingerprint density at radius 3 is 2.08 bits per heavy atom. The second kappa shape index (κ2) is 7.68. The molecular weight excluding hydrogens is 350 g/mol. The second-order valence-electron chi connectivity index (χ2n) is 7.23. The fourth-order valence-corrected chi connectivity index (χ4v) is 4.05. The summed E-state index contributed by atoms with van der Waals surface area (Å²) >= 11 is 0. The first-order chi connectivity index (χ1) is 12.1. The Balaban J connectivity index is 2.29. The summed E-state index contributed by atoms with van der Waals surface area (Å²) in [6.45, 7) is 8.24. The summed E-state index contributed by atoms with van der Waals surface area (Å²) < 4.78 is 38.7. The third-order valence-corrected chi connectivity index (χ3v) is 5.83. The standard InChI is InChI=1S/C20H27NO4S/c1-14(15-7-9-16(10-8-15)20(2,3)4)21-26(22,23)19-13-17(24-5)11-12-18(19)25-6/h7-14,21H,1-6H3/t14-/m1/s1. The third kappa shape index (κ3) is 4.56. The van der Waals surface area contributed by atoms with Crippen LogP contribution in [0.1, 0.15) is 44.9 Å². The Morgan fingerprint density at radius 2 is 1.58 bits per heavy atom. The minimum Gasteiger partial charge on any atom is -0.497 e. The molecule has 0 saturated heterocycles. The van der Waals surface area contributed by atoms with Gasteiger partial charge in [0.15, 0.2) is 0 Å². The summed E-state index contributed by atoms with van der Waals surface area (Å²) in [5, 5.41) is 0. The number of hydrogen-bond acceptors (Lipinski definition) is 4. The fraction of sp³-hybridized carbons (Fsp3) is 0.400. The summed E-state index contributed by atoms with van der Waals surface area (Å²) in [5.74, 6) is 0.724. The molecule has 142 valence electrons. The average molecular weight is 378 g/mol. The molecule has 2 rings (SSSR count). The Bertz CT molecular complexity index is 852. The molecule has 0 radical (unpaired) electrons. The first kappa shape index (κ1) is 20.3. The minimum absolute atomic E-state index is 0.0508. The maximum absolute atomic E-state index is 12.8. The molecular formula is C20H27NO4S. The lowest BCUT2D eigenvalue weighted by Crippen LogP contribution is -2.27. The van der Waals surface area contributed by atoms with E-state index in [1.165, 1.54) is 25.8 Å². The number of sulfonamides is 1. The molecule has 0 aromatic heterocycles. The first-order valence-electron chi connectivity index (χ1n) is 8.43. The molecule has 1 N–H and O–H groups in total. The molecule has 5 nitrogen and oxygen atoms in total. The lowest BCUT2D eigenvalue weighted by Gasteiger charge is -2.21. The van der Waals surface area contributed by atoms with Gasteiger partial charge < -0.3 is 9.47 Å². The van der Waals surface area contributed by atoms with Crippen LogP contribution in [0.15, 0.2) is 47.4 Å². The molecule has 6 heteroatoms. The number of rotatable bonds is 6. The molecule has 0 bridgehead atoms. The van der Waals surface area contributed by atoms with E-state index < -0.39 is 10.0 Å². The predicted molar refractivity (Wildman–Crippen MR) is 103 cm³/mol. The average Bonchev–Trinajstić information content (AvgIpc) is 2.60. The Hall–Kier alpha value is -2.05. The van der Waals surface area contributed by atoms with Crippen molar-refractivity contribution >= 4 is 10.0 Å². The molecule has 0 unspecified atom stereocenters. The van der Waals surface area contributed by atoms with Crippen LogP contribution < -0.4 is 14.2 Å². The normalized spacial score (nSPS) is 13.3. The van der Waals surface area contributed by atoms with Crippen molar-refractivity contribution in [2.75, 3.05) is 14.2 Å². The summed E-state index contributed by atoms with van der Waals surface area (Å²) in [6, 6.07) is 12.3. The van der Waals surface area contributed by atoms with E-state index >= 15 is 0 Å². The van der Waals surface area contributed by atoms with E-state index in [9.17, 15) is 8.42 Å². The highest BCUT2D eigenvalue weighted by atomic mass is 32.2. The Morgan fingerprint density at radius 1 is 0.962 bits per heavy atom. The maximum Gasteiger partial charge on any atom is 0.244 e. The Kier molecular flexibility index (Phi) is 5.98. The summed E-state index contributed by atoms with van der Waals surface area (Å²) in [6.07, 6.45) is 0. The van der Waals surface area contributed by atoms with Gasteiger partial charge in [-0.15, -0.1) is 0 Å². The molecule has 2 aromatic carbocycles. The van der Waals surface area contributed by atoms with Crippen molar-refractivity contribution in [1.82, 2.24) is 4.72 Å². The van der Waals surface area contributed by atoms with Crippen LogP contribution in [0.2, 0.25) is 0 Å². The zero-order valence-electron chi connectivity index (χ0n) is 16.2. The third-order valence-electron chi connectivity index (χ3n) is 4.27. The van der Waals surface area contributed by atoms with Gasteiger partial charge >= 0.3 is 0 Å². The number of benzene rings is 2. The van der Waals surface area contributed by atoms with Crippen LogP contribution in [0, 0.1) is 0 Å². The Labute approximate surface area is 156 Å². The minimum atomic E-state index is -3.78. The molecule has 0 heterocycles. The van der Waals surface area contributed by atoms with Crippen LogP contribution in [-0.2, 0) is 15.4 Å². The van der Waals surface area contributed by atoms with E-state index in [0.29, 0.717) is 5.75 Å². The van der Waals surface area contributed by atoms with Crippen LogP contribution in [0.25, 0.3) is 0 Å². The lowest BCUT2D eigenvalue weighted by molar-refractivity contribution is 0.391. The van der Waals surface area contributed by atoms with Gasteiger partial charge in [0.1, 0.15) is 16.4 Å². The van der Waals surface area contributed by atoms with Gasteiger partial charge in [-0.05, 0) is 35.6 Å². The summed E-state index contributed by atoms with van der Waals surface area (Å²) in [7, 11) is -0.845. The summed E-state index contributed by atoms with van der Waals surface area (Å²) in [5.41, 5.74) is 2.14. The van der Waals surface area contributed by atoms with Crippen molar-refractivity contribution in [3.63, 3.8) is 0 Å². The van der Waals surface area contributed by atoms with E-state index in [1.54, 1.807) is 12.1 Å². The highest BCUT2D eigenvalue weighted by molar-refractivity contribution is 7.89. The van der Waals surface area contributed by atoms with Gasteiger partial charge in [0, 0.05) is 12.1 Å². The molecule has 0 aliphatic heterocycles. The van der Waals surface area contributed by atoms with Gasteiger partial charge in [-0.25, -0.2) is 13.1 Å². The van der Waals surface area contributed by atoms with E-state index in [2.05, 4.69) is 25.5 Å². The quantitative estimate of drug-likeness (QED) is 0.825. The number of methoxy groups -OCH3 is 2. The SMILES string of the molecule is COc1ccc(OC)c(S(=O)(=O)N[C@H](C)c2ccc(C(C)(C)C)cc2)c1. The molecule has 2 aromatic rings. The van der Waals surface area contributed by atoms with Crippen LogP contribution in [-0.4, -0.2) is 22.6 Å². The van der Waals surface area contributed by atoms with Crippen molar-refractivity contribution < 1.29 is 17.9 Å². The van der Waals surface area contributed by atoms with Gasteiger partial charge in [-0.1, -0.05) is 45.0 Å².